The monoisotopic (exact) mass is 373 g/mol. The maximum atomic E-state index is 12.7. The lowest BCUT2D eigenvalue weighted by atomic mass is 9.95. The largest absolute Gasteiger partial charge is 0.493 e. The summed E-state index contributed by atoms with van der Waals surface area (Å²) in [4.78, 5) is 27.0. The number of piperidine rings is 1. The number of nitrogens with one attached hydrogen (secondary N) is 1. The third-order valence-corrected chi connectivity index (χ3v) is 5.76. The third-order valence-electron chi connectivity index (χ3n) is 5.76. The Morgan fingerprint density at radius 3 is 2.74 bits per heavy atom. The highest BCUT2D eigenvalue weighted by Gasteiger charge is 2.32. The number of para-hydroxylation sites is 1. The molecule has 0 aromatic heterocycles. The molecule has 27 heavy (non-hydrogen) atoms. The van der Waals surface area contributed by atoms with E-state index < -0.39 is 0 Å². The average molecular weight is 373 g/mol. The van der Waals surface area contributed by atoms with Crippen LogP contribution in [-0.4, -0.2) is 49.0 Å². The Morgan fingerprint density at radius 1 is 1.15 bits per heavy atom. The van der Waals surface area contributed by atoms with E-state index in [0.29, 0.717) is 32.0 Å². The number of nitrogens with two attached hydrogens (primary N) is 1. The number of amides is 2. The van der Waals surface area contributed by atoms with Gasteiger partial charge in [0.15, 0.2) is 0 Å². The molecule has 1 aromatic rings. The van der Waals surface area contributed by atoms with Crippen molar-refractivity contribution in [2.45, 2.75) is 44.6 Å². The third kappa shape index (κ3) is 5.45. The van der Waals surface area contributed by atoms with E-state index in [2.05, 4.69) is 5.32 Å². The van der Waals surface area contributed by atoms with Crippen molar-refractivity contribution in [3.63, 3.8) is 0 Å². The molecule has 1 aromatic carbocycles. The molecule has 3 N–H and O–H groups in total. The van der Waals surface area contributed by atoms with Crippen molar-refractivity contribution in [1.29, 1.82) is 0 Å². The Bertz CT molecular complexity index is 622. The fourth-order valence-electron chi connectivity index (χ4n) is 4.16. The van der Waals surface area contributed by atoms with Gasteiger partial charge in [0.1, 0.15) is 5.75 Å². The molecule has 1 aliphatic heterocycles. The quantitative estimate of drug-likeness (QED) is 0.765. The highest BCUT2D eigenvalue weighted by Crippen LogP contribution is 2.26. The second-order valence-electron chi connectivity index (χ2n) is 7.63. The standard InChI is InChI=1S/C21H31N3O3/c22-14-16-6-4-10-19(16)23-21(26)17-7-5-12-24(15-17)20(25)11-13-27-18-8-2-1-3-9-18/h1-3,8-9,16-17,19H,4-7,10-15,22H2,(H,23,26). The summed E-state index contributed by atoms with van der Waals surface area (Å²) in [7, 11) is 0. The van der Waals surface area contributed by atoms with E-state index in [1.54, 1.807) is 0 Å². The van der Waals surface area contributed by atoms with Crippen LogP contribution in [-0.2, 0) is 9.59 Å². The minimum Gasteiger partial charge on any atom is -0.493 e. The number of carbonyl (C=O) groups is 2. The van der Waals surface area contributed by atoms with Crippen LogP contribution in [0, 0.1) is 11.8 Å². The zero-order valence-electron chi connectivity index (χ0n) is 15.9. The number of likely N-dealkylation sites (tertiary alicyclic amines) is 1. The fourth-order valence-corrected chi connectivity index (χ4v) is 4.16. The zero-order valence-corrected chi connectivity index (χ0v) is 15.9. The molecule has 2 fully saturated rings. The number of nitrogens with zero attached hydrogens (tertiary/aromatic N) is 1. The molecule has 3 rings (SSSR count). The lowest BCUT2D eigenvalue weighted by Crippen LogP contribution is -2.49. The van der Waals surface area contributed by atoms with E-state index in [1.807, 2.05) is 35.2 Å². The molecule has 3 atom stereocenters. The van der Waals surface area contributed by atoms with Crippen LogP contribution in [0.25, 0.3) is 0 Å². The van der Waals surface area contributed by atoms with Crippen molar-refractivity contribution in [1.82, 2.24) is 10.2 Å². The first kappa shape index (κ1) is 19.7. The molecule has 0 spiro atoms. The molecule has 2 aliphatic rings. The molecule has 0 bridgehead atoms. The number of benzene rings is 1. The van der Waals surface area contributed by atoms with Crippen molar-refractivity contribution in [2.24, 2.45) is 17.6 Å². The first-order valence-corrected chi connectivity index (χ1v) is 10.1. The Balaban J connectivity index is 1.44. The number of rotatable bonds is 7. The second-order valence-corrected chi connectivity index (χ2v) is 7.63. The Morgan fingerprint density at radius 2 is 1.96 bits per heavy atom. The Kier molecular flexibility index (Phi) is 7.10. The first-order valence-electron chi connectivity index (χ1n) is 10.1. The van der Waals surface area contributed by atoms with Gasteiger partial charge >= 0.3 is 0 Å². The van der Waals surface area contributed by atoms with Crippen molar-refractivity contribution in [3.05, 3.63) is 30.3 Å². The van der Waals surface area contributed by atoms with Gasteiger partial charge in [-0.05, 0) is 50.3 Å². The van der Waals surface area contributed by atoms with E-state index in [-0.39, 0.29) is 23.8 Å². The Labute approximate surface area is 161 Å². The second kappa shape index (κ2) is 9.74. The van der Waals surface area contributed by atoms with Crippen molar-refractivity contribution < 1.29 is 14.3 Å². The summed E-state index contributed by atoms with van der Waals surface area (Å²) in [5.41, 5.74) is 5.81. The highest BCUT2D eigenvalue weighted by molar-refractivity contribution is 5.81. The van der Waals surface area contributed by atoms with E-state index in [9.17, 15) is 9.59 Å². The minimum atomic E-state index is -0.114. The van der Waals surface area contributed by atoms with Crippen LogP contribution < -0.4 is 15.8 Å². The molecule has 2 amide bonds. The maximum Gasteiger partial charge on any atom is 0.226 e. The Hall–Kier alpha value is -2.08. The minimum absolute atomic E-state index is 0.0594. The summed E-state index contributed by atoms with van der Waals surface area (Å²) >= 11 is 0. The van der Waals surface area contributed by atoms with Gasteiger partial charge in [0, 0.05) is 19.1 Å². The molecule has 1 saturated heterocycles. The van der Waals surface area contributed by atoms with Crippen LogP contribution in [0.5, 0.6) is 5.75 Å². The lowest BCUT2D eigenvalue weighted by molar-refractivity contribution is -0.136. The number of carbonyl (C=O) groups excluding carboxylic acids is 2. The normalized spacial score (nSPS) is 25.2. The topological polar surface area (TPSA) is 84.7 Å². The van der Waals surface area contributed by atoms with Gasteiger partial charge in [0.05, 0.1) is 18.9 Å². The number of hydrogen-bond acceptors (Lipinski definition) is 4. The van der Waals surface area contributed by atoms with Gasteiger partial charge in [-0.3, -0.25) is 9.59 Å². The predicted molar refractivity (Wildman–Crippen MR) is 104 cm³/mol. The van der Waals surface area contributed by atoms with Gasteiger partial charge in [0.25, 0.3) is 0 Å². The molecule has 3 unspecified atom stereocenters. The van der Waals surface area contributed by atoms with Crippen LogP contribution >= 0.6 is 0 Å². The van der Waals surface area contributed by atoms with Crippen molar-refractivity contribution >= 4 is 11.8 Å². The van der Waals surface area contributed by atoms with Gasteiger partial charge in [-0.2, -0.15) is 0 Å². The predicted octanol–water partition coefficient (Wildman–Crippen LogP) is 1.94. The smallest absolute Gasteiger partial charge is 0.226 e. The summed E-state index contributed by atoms with van der Waals surface area (Å²) in [6, 6.07) is 9.70. The van der Waals surface area contributed by atoms with E-state index in [4.69, 9.17) is 10.5 Å². The average Bonchev–Trinajstić information content (AvgIpc) is 3.16. The first-order chi connectivity index (χ1) is 13.2. The van der Waals surface area contributed by atoms with Crippen molar-refractivity contribution in [3.8, 4) is 5.75 Å². The summed E-state index contributed by atoms with van der Waals surface area (Å²) < 4.78 is 5.62. The molecular weight excluding hydrogens is 342 g/mol. The summed E-state index contributed by atoms with van der Waals surface area (Å²) in [5.74, 6) is 1.19. The van der Waals surface area contributed by atoms with Crippen molar-refractivity contribution in [2.75, 3.05) is 26.2 Å². The zero-order chi connectivity index (χ0) is 19.1. The number of ether oxygens (including phenoxy) is 1. The summed E-state index contributed by atoms with van der Waals surface area (Å²) in [6.07, 6.45) is 5.28. The molecular formula is C21H31N3O3. The molecule has 1 heterocycles. The maximum absolute atomic E-state index is 12.7. The lowest BCUT2D eigenvalue weighted by Gasteiger charge is -2.33. The van der Waals surface area contributed by atoms with Crippen LogP contribution in [0.15, 0.2) is 30.3 Å². The van der Waals surface area contributed by atoms with E-state index in [0.717, 1.165) is 44.4 Å². The van der Waals surface area contributed by atoms with E-state index in [1.165, 1.54) is 0 Å². The summed E-state index contributed by atoms with van der Waals surface area (Å²) in [6.45, 7) is 2.22. The van der Waals surface area contributed by atoms with Crippen LogP contribution in [0.1, 0.15) is 38.5 Å². The highest BCUT2D eigenvalue weighted by atomic mass is 16.5. The van der Waals surface area contributed by atoms with Gasteiger partial charge in [-0.15, -0.1) is 0 Å². The molecule has 148 valence electrons. The van der Waals surface area contributed by atoms with Gasteiger partial charge in [-0.25, -0.2) is 0 Å². The van der Waals surface area contributed by atoms with E-state index >= 15 is 0 Å². The molecule has 0 radical (unpaired) electrons. The van der Waals surface area contributed by atoms with Gasteiger partial charge in [-0.1, -0.05) is 24.6 Å². The molecule has 6 nitrogen and oxygen atoms in total. The summed E-state index contributed by atoms with van der Waals surface area (Å²) in [5, 5.41) is 3.19. The SMILES string of the molecule is NCC1CCCC1NC(=O)C1CCCN(C(=O)CCOc2ccccc2)C1. The fraction of sp³-hybridized carbons (Fsp3) is 0.619. The van der Waals surface area contributed by atoms with Crippen LogP contribution in [0.3, 0.4) is 0 Å². The van der Waals surface area contributed by atoms with Gasteiger partial charge in [0.2, 0.25) is 11.8 Å². The number of hydrogen-bond donors (Lipinski definition) is 2. The molecule has 1 aliphatic carbocycles. The molecule has 6 heteroatoms. The van der Waals surface area contributed by atoms with Crippen LogP contribution in [0.2, 0.25) is 0 Å². The van der Waals surface area contributed by atoms with Gasteiger partial charge < -0.3 is 20.7 Å². The molecule has 1 saturated carbocycles. The van der Waals surface area contributed by atoms with Crippen LogP contribution in [0.4, 0.5) is 0 Å².